The van der Waals surface area contributed by atoms with Crippen molar-refractivity contribution >= 4 is 23.6 Å². The molecule has 0 spiro atoms. The number of aliphatic carboxylic acids is 1. The van der Waals surface area contributed by atoms with Gasteiger partial charge in [-0.2, -0.15) is 11.8 Å². The smallest absolute Gasteiger partial charge is 0.305 e. The lowest BCUT2D eigenvalue weighted by atomic mass is 10.0. The maximum Gasteiger partial charge on any atom is 0.305 e. The largest absolute Gasteiger partial charge is 0.481 e. The number of carbonyl (C=O) groups is 2. The first-order valence-electron chi connectivity index (χ1n) is 4.77. The molecule has 0 atom stereocenters. The van der Waals surface area contributed by atoms with Gasteiger partial charge < -0.3 is 10.4 Å². The molecule has 0 aromatic rings. The summed E-state index contributed by atoms with van der Waals surface area (Å²) in [4.78, 5) is 21.7. The maximum absolute atomic E-state index is 11.5. The van der Waals surface area contributed by atoms with Gasteiger partial charge in [-0.1, -0.05) is 0 Å². The molecule has 0 saturated carbocycles. The second kappa shape index (κ2) is 5.90. The number of thioether (sulfide) groups is 1. The number of nitrogens with one attached hydrogen (secondary N) is 1. The van der Waals surface area contributed by atoms with E-state index >= 15 is 0 Å². The van der Waals surface area contributed by atoms with E-state index in [2.05, 4.69) is 5.32 Å². The van der Waals surface area contributed by atoms with Crippen LogP contribution in [0.1, 0.15) is 19.3 Å². The van der Waals surface area contributed by atoms with Gasteiger partial charge in [0.15, 0.2) is 0 Å². The molecule has 1 saturated heterocycles. The van der Waals surface area contributed by atoms with Crippen LogP contribution < -0.4 is 5.32 Å². The Morgan fingerprint density at radius 2 is 2.00 bits per heavy atom. The van der Waals surface area contributed by atoms with Crippen molar-refractivity contribution in [2.45, 2.75) is 19.3 Å². The Bertz CT molecular complexity index is 214. The molecule has 0 aliphatic carbocycles. The van der Waals surface area contributed by atoms with Gasteiger partial charge in [-0.3, -0.25) is 9.59 Å². The highest BCUT2D eigenvalue weighted by molar-refractivity contribution is 7.99. The van der Waals surface area contributed by atoms with Crippen LogP contribution in [0.4, 0.5) is 0 Å². The third-order valence-corrected chi connectivity index (χ3v) is 3.28. The van der Waals surface area contributed by atoms with Crippen LogP contribution in [0.5, 0.6) is 0 Å². The first kappa shape index (κ1) is 11.4. The van der Waals surface area contributed by atoms with Crippen molar-refractivity contribution in [2.75, 3.05) is 18.1 Å². The first-order chi connectivity index (χ1) is 6.70. The second-order valence-electron chi connectivity index (χ2n) is 3.32. The molecule has 1 fully saturated rings. The molecule has 1 amide bonds. The summed E-state index contributed by atoms with van der Waals surface area (Å²) in [6.07, 6.45) is 1.85. The first-order valence-corrected chi connectivity index (χ1v) is 5.93. The van der Waals surface area contributed by atoms with Gasteiger partial charge in [-0.05, 0) is 24.3 Å². The Kier molecular flexibility index (Phi) is 4.79. The summed E-state index contributed by atoms with van der Waals surface area (Å²) in [7, 11) is 0. The quantitative estimate of drug-likeness (QED) is 0.728. The van der Waals surface area contributed by atoms with Crippen molar-refractivity contribution < 1.29 is 14.7 Å². The number of amides is 1. The predicted molar refractivity (Wildman–Crippen MR) is 55.3 cm³/mol. The van der Waals surface area contributed by atoms with E-state index in [1.807, 2.05) is 11.8 Å². The molecular weight excluding hydrogens is 202 g/mol. The van der Waals surface area contributed by atoms with Crippen molar-refractivity contribution in [1.82, 2.24) is 5.32 Å². The summed E-state index contributed by atoms with van der Waals surface area (Å²) < 4.78 is 0. The lowest BCUT2D eigenvalue weighted by molar-refractivity contribution is -0.137. The minimum atomic E-state index is -0.871. The topological polar surface area (TPSA) is 66.4 Å². The van der Waals surface area contributed by atoms with E-state index in [0.717, 1.165) is 24.3 Å². The molecule has 0 radical (unpaired) electrons. The van der Waals surface area contributed by atoms with E-state index < -0.39 is 5.97 Å². The minimum absolute atomic E-state index is 0.00715. The number of hydrogen-bond donors (Lipinski definition) is 2. The lowest BCUT2D eigenvalue weighted by Gasteiger charge is -2.20. The van der Waals surface area contributed by atoms with Gasteiger partial charge in [0.1, 0.15) is 0 Å². The molecule has 1 rings (SSSR count). The van der Waals surface area contributed by atoms with E-state index in [0.29, 0.717) is 0 Å². The third-order valence-electron chi connectivity index (χ3n) is 2.23. The molecule has 1 aliphatic rings. The van der Waals surface area contributed by atoms with E-state index in [1.54, 1.807) is 0 Å². The zero-order chi connectivity index (χ0) is 10.4. The second-order valence-corrected chi connectivity index (χ2v) is 4.55. The summed E-state index contributed by atoms with van der Waals surface area (Å²) in [6.45, 7) is 0.248. The molecule has 4 nitrogen and oxygen atoms in total. The van der Waals surface area contributed by atoms with Crippen LogP contribution in [0.25, 0.3) is 0 Å². The summed E-state index contributed by atoms with van der Waals surface area (Å²) in [6, 6.07) is 0. The molecule has 0 aromatic carbocycles. The fraction of sp³-hybridized carbons (Fsp3) is 0.778. The molecule has 14 heavy (non-hydrogen) atoms. The number of carbonyl (C=O) groups excluding carboxylic acids is 1. The summed E-state index contributed by atoms with van der Waals surface area (Å²) in [5.74, 6) is 1.33. The highest BCUT2D eigenvalue weighted by Crippen LogP contribution is 2.22. The zero-order valence-electron chi connectivity index (χ0n) is 7.99. The summed E-state index contributed by atoms with van der Waals surface area (Å²) in [5, 5.41) is 11.0. The molecular formula is C9H15NO3S. The van der Waals surface area contributed by atoms with Crippen molar-refractivity contribution in [2.24, 2.45) is 5.92 Å². The number of hydrogen-bond acceptors (Lipinski definition) is 3. The molecule has 0 aromatic heterocycles. The fourth-order valence-electron chi connectivity index (χ4n) is 1.40. The van der Waals surface area contributed by atoms with Crippen LogP contribution in [0.3, 0.4) is 0 Å². The van der Waals surface area contributed by atoms with Crippen LogP contribution >= 0.6 is 11.8 Å². The molecule has 80 valence electrons. The molecule has 1 aliphatic heterocycles. The van der Waals surface area contributed by atoms with E-state index in [-0.39, 0.29) is 24.8 Å². The van der Waals surface area contributed by atoms with E-state index in [4.69, 9.17) is 5.11 Å². The van der Waals surface area contributed by atoms with Gasteiger partial charge in [0.05, 0.1) is 6.42 Å². The maximum atomic E-state index is 11.5. The Morgan fingerprint density at radius 3 is 2.57 bits per heavy atom. The number of carboxylic acids is 1. The molecule has 0 bridgehead atoms. The van der Waals surface area contributed by atoms with Gasteiger partial charge >= 0.3 is 5.97 Å². The highest BCUT2D eigenvalue weighted by atomic mass is 32.2. The van der Waals surface area contributed by atoms with E-state index in [9.17, 15) is 9.59 Å². The summed E-state index contributed by atoms with van der Waals surface area (Å²) in [5.41, 5.74) is 0. The monoisotopic (exact) mass is 217 g/mol. The average Bonchev–Trinajstić information content (AvgIpc) is 2.18. The van der Waals surface area contributed by atoms with Gasteiger partial charge in [0.25, 0.3) is 0 Å². The average molecular weight is 217 g/mol. The normalized spacial score (nSPS) is 17.7. The van der Waals surface area contributed by atoms with Crippen molar-refractivity contribution in [1.29, 1.82) is 0 Å². The van der Waals surface area contributed by atoms with Gasteiger partial charge in [0.2, 0.25) is 5.91 Å². The zero-order valence-corrected chi connectivity index (χ0v) is 8.81. The molecule has 0 unspecified atom stereocenters. The SMILES string of the molecule is O=C(O)CCNC(=O)C1CCSCC1. The third kappa shape index (κ3) is 4.00. The number of carboxylic acid groups (broad SMARTS) is 1. The number of rotatable bonds is 4. The van der Waals surface area contributed by atoms with Gasteiger partial charge in [0, 0.05) is 12.5 Å². The molecule has 1 heterocycles. The molecule has 2 N–H and O–H groups in total. The standard InChI is InChI=1S/C9H15NO3S/c11-8(12)1-4-10-9(13)7-2-5-14-6-3-7/h7H,1-6H2,(H,10,13)(H,11,12). The highest BCUT2D eigenvalue weighted by Gasteiger charge is 2.20. The Morgan fingerprint density at radius 1 is 1.36 bits per heavy atom. The van der Waals surface area contributed by atoms with Crippen LogP contribution in [0.2, 0.25) is 0 Å². The predicted octanol–water partition coefficient (Wildman–Crippen LogP) is 0.721. The van der Waals surface area contributed by atoms with Gasteiger partial charge in [-0.25, -0.2) is 0 Å². The van der Waals surface area contributed by atoms with Crippen LogP contribution in [0, 0.1) is 5.92 Å². The van der Waals surface area contributed by atoms with Crippen LogP contribution in [-0.2, 0) is 9.59 Å². The van der Waals surface area contributed by atoms with Crippen molar-refractivity contribution in [3.63, 3.8) is 0 Å². The molecule has 5 heteroatoms. The fourth-order valence-corrected chi connectivity index (χ4v) is 2.50. The van der Waals surface area contributed by atoms with Crippen LogP contribution in [-0.4, -0.2) is 35.0 Å². The Hall–Kier alpha value is -0.710. The van der Waals surface area contributed by atoms with Crippen molar-refractivity contribution in [3.05, 3.63) is 0 Å². The van der Waals surface area contributed by atoms with Crippen LogP contribution in [0.15, 0.2) is 0 Å². The Labute approximate surface area is 87.4 Å². The van der Waals surface area contributed by atoms with E-state index in [1.165, 1.54) is 0 Å². The Balaban J connectivity index is 2.16. The van der Waals surface area contributed by atoms with Gasteiger partial charge in [-0.15, -0.1) is 0 Å². The minimum Gasteiger partial charge on any atom is -0.481 e. The van der Waals surface area contributed by atoms with Crippen molar-refractivity contribution in [3.8, 4) is 0 Å². The lowest BCUT2D eigenvalue weighted by Crippen LogP contribution is -2.34. The summed E-state index contributed by atoms with van der Waals surface area (Å²) >= 11 is 1.87.